The van der Waals surface area contributed by atoms with Crippen molar-refractivity contribution in [3.63, 3.8) is 0 Å². The normalized spacial score (nSPS) is 19.2. The van der Waals surface area contributed by atoms with Crippen LogP contribution in [0, 0.1) is 5.82 Å². The van der Waals surface area contributed by atoms with Crippen molar-refractivity contribution in [1.82, 2.24) is 0 Å². The van der Waals surface area contributed by atoms with Crippen molar-refractivity contribution in [3.05, 3.63) is 51.7 Å². The third-order valence-corrected chi connectivity index (χ3v) is 7.83. The van der Waals surface area contributed by atoms with Crippen LogP contribution in [0.3, 0.4) is 0 Å². The number of amides is 1. The lowest BCUT2D eigenvalue weighted by molar-refractivity contribution is -0.125. The summed E-state index contributed by atoms with van der Waals surface area (Å²) in [6.45, 7) is 1.81. The fraction of sp³-hybridized carbons (Fsp3) is 0.350. The summed E-state index contributed by atoms with van der Waals surface area (Å²) in [4.78, 5) is 31.1. The van der Waals surface area contributed by atoms with Crippen molar-refractivity contribution < 1.29 is 32.0 Å². The van der Waals surface area contributed by atoms with Gasteiger partial charge in [0.05, 0.1) is 29.4 Å². The number of carbonyl (C=O) groups is 2. The van der Waals surface area contributed by atoms with Gasteiger partial charge in [-0.2, -0.15) is 0 Å². The van der Waals surface area contributed by atoms with Crippen molar-refractivity contribution in [2.45, 2.75) is 31.6 Å². The van der Waals surface area contributed by atoms with E-state index in [4.69, 9.17) is 9.57 Å². The molecule has 0 saturated carbocycles. The van der Waals surface area contributed by atoms with E-state index in [-0.39, 0.29) is 41.5 Å². The number of hydrogen-bond acceptors (Lipinski definition) is 8. The van der Waals surface area contributed by atoms with Gasteiger partial charge in [-0.05, 0) is 31.0 Å². The van der Waals surface area contributed by atoms with E-state index in [1.54, 1.807) is 13.0 Å². The standard InChI is InChI=1S/C20H19FN2O6S2/c1-2-28-20(25)17-13-6-7-31(26,27)10-16(13)30-19(17)22-18(24)15-9-14(23-29-15)11-4-3-5-12(21)8-11/h3-5,8,15H,2,6-7,9-10H2,1H3,(H,22,24). The summed E-state index contributed by atoms with van der Waals surface area (Å²) in [5.41, 5.74) is 1.73. The van der Waals surface area contributed by atoms with Crippen LogP contribution in [0.25, 0.3) is 0 Å². The van der Waals surface area contributed by atoms with Gasteiger partial charge in [0.2, 0.25) is 6.10 Å². The third kappa shape index (κ3) is 4.47. The molecule has 1 aromatic carbocycles. The Balaban J connectivity index is 1.54. The lowest BCUT2D eigenvalue weighted by Gasteiger charge is -2.13. The minimum atomic E-state index is -3.25. The van der Waals surface area contributed by atoms with Gasteiger partial charge in [0.25, 0.3) is 5.91 Å². The summed E-state index contributed by atoms with van der Waals surface area (Å²) < 4.78 is 42.6. The molecule has 1 aromatic heterocycles. The van der Waals surface area contributed by atoms with Crippen molar-refractivity contribution in [2.75, 3.05) is 17.7 Å². The number of oxime groups is 1. The van der Waals surface area contributed by atoms with E-state index in [1.165, 1.54) is 18.2 Å². The van der Waals surface area contributed by atoms with Crippen LogP contribution in [0.15, 0.2) is 29.4 Å². The zero-order chi connectivity index (χ0) is 22.2. The predicted molar refractivity (Wildman–Crippen MR) is 113 cm³/mol. The second-order valence-electron chi connectivity index (χ2n) is 7.11. The van der Waals surface area contributed by atoms with Crippen LogP contribution in [-0.4, -0.2) is 44.5 Å². The number of sulfone groups is 1. The number of halogens is 1. The zero-order valence-electron chi connectivity index (χ0n) is 16.5. The summed E-state index contributed by atoms with van der Waals surface area (Å²) in [6, 6.07) is 5.81. The molecule has 0 bridgehead atoms. The van der Waals surface area contributed by atoms with Gasteiger partial charge in [-0.1, -0.05) is 17.3 Å². The summed E-state index contributed by atoms with van der Waals surface area (Å²) in [5.74, 6) is -1.82. The van der Waals surface area contributed by atoms with Gasteiger partial charge in [-0.25, -0.2) is 17.6 Å². The first-order chi connectivity index (χ1) is 14.8. The van der Waals surface area contributed by atoms with E-state index in [0.717, 1.165) is 11.3 Å². The molecule has 2 aliphatic heterocycles. The Morgan fingerprint density at radius 3 is 2.94 bits per heavy atom. The van der Waals surface area contributed by atoms with Crippen LogP contribution in [0.1, 0.15) is 39.7 Å². The van der Waals surface area contributed by atoms with Crippen molar-refractivity contribution in [3.8, 4) is 0 Å². The maximum absolute atomic E-state index is 13.5. The number of nitrogens with one attached hydrogen (secondary N) is 1. The quantitative estimate of drug-likeness (QED) is 0.679. The molecule has 0 aliphatic carbocycles. The topological polar surface area (TPSA) is 111 Å². The fourth-order valence-electron chi connectivity index (χ4n) is 3.48. The SMILES string of the molecule is CCOC(=O)c1c(NC(=O)C2CC(c3cccc(F)c3)=NO2)sc2c1CCS(=O)(=O)C2. The molecule has 3 heterocycles. The van der Waals surface area contributed by atoms with Gasteiger partial charge in [0, 0.05) is 16.9 Å². The molecule has 1 unspecified atom stereocenters. The van der Waals surface area contributed by atoms with E-state index in [0.29, 0.717) is 21.7 Å². The van der Waals surface area contributed by atoms with Crippen molar-refractivity contribution >= 4 is 43.8 Å². The van der Waals surface area contributed by atoms with Crippen molar-refractivity contribution in [2.24, 2.45) is 5.16 Å². The van der Waals surface area contributed by atoms with E-state index in [1.807, 2.05) is 0 Å². The molecule has 2 aromatic rings. The Labute approximate surface area is 182 Å². The molecule has 11 heteroatoms. The highest BCUT2D eigenvalue weighted by Crippen LogP contribution is 2.38. The molecular weight excluding hydrogens is 447 g/mol. The zero-order valence-corrected chi connectivity index (χ0v) is 18.1. The molecule has 1 N–H and O–H groups in total. The van der Waals surface area contributed by atoms with Gasteiger partial charge in [0.15, 0.2) is 9.84 Å². The van der Waals surface area contributed by atoms with Gasteiger partial charge < -0.3 is 14.9 Å². The maximum Gasteiger partial charge on any atom is 0.341 e. The summed E-state index contributed by atoms with van der Waals surface area (Å²) in [6.07, 6.45) is -0.648. The average Bonchev–Trinajstić information content (AvgIpc) is 3.32. The Hall–Kier alpha value is -2.79. The van der Waals surface area contributed by atoms with Crippen LogP contribution in [-0.2, 0) is 36.4 Å². The van der Waals surface area contributed by atoms with E-state index in [2.05, 4.69) is 10.5 Å². The first kappa shape index (κ1) is 21.4. The van der Waals surface area contributed by atoms with Crippen LogP contribution in [0.4, 0.5) is 9.39 Å². The van der Waals surface area contributed by atoms with Gasteiger partial charge in [-0.15, -0.1) is 11.3 Å². The molecule has 0 fully saturated rings. The minimum absolute atomic E-state index is 0.0624. The molecule has 0 saturated heterocycles. The smallest absolute Gasteiger partial charge is 0.341 e. The molecule has 1 atom stereocenters. The Kier molecular flexibility index (Phi) is 5.80. The predicted octanol–water partition coefficient (Wildman–Crippen LogP) is 2.67. The number of esters is 1. The number of rotatable bonds is 5. The molecule has 8 nitrogen and oxygen atoms in total. The summed E-state index contributed by atoms with van der Waals surface area (Å²) in [5, 5.41) is 6.79. The number of thiophene rings is 1. The Morgan fingerprint density at radius 1 is 1.39 bits per heavy atom. The first-order valence-electron chi connectivity index (χ1n) is 9.59. The molecule has 0 spiro atoms. The monoisotopic (exact) mass is 466 g/mol. The second-order valence-corrected chi connectivity index (χ2v) is 10.4. The van der Waals surface area contributed by atoms with Gasteiger partial charge in [-0.3, -0.25) is 4.79 Å². The second kappa shape index (κ2) is 8.39. The number of anilines is 1. The Morgan fingerprint density at radius 2 is 2.19 bits per heavy atom. The minimum Gasteiger partial charge on any atom is -0.462 e. The lowest BCUT2D eigenvalue weighted by atomic mass is 10.0. The van der Waals surface area contributed by atoms with Gasteiger partial charge in [0.1, 0.15) is 10.8 Å². The molecule has 0 radical (unpaired) electrons. The van der Waals surface area contributed by atoms with E-state index < -0.39 is 33.6 Å². The molecular formula is C20H19FN2O6S2. The molecule has 1 amide bonds. The average molecular weight is 467 g/mol. The summed E-state index contributed by atoms with van der Waals surface area (Å²) in [7, 11) is -3.25. The molecule has 2 aliphatic rings. The van der Waals surface area contributed by atoms with Crippen LogP contribution in [0.5, 0.6) is 0 Å². The largest absolute Gasteiger partial charge is 0.462 e. The van der Waals surface area contributed by atoms with Crippen LogP contribution < -0.4 is 5.32 Å². The molecule has 164 valence electrons. The highest BCUT2D eigenvalue weighted by atomic mass is 32.2. The van der Waals surface area contributed by atoms with Crippen LogP contribution >= 0.6 is 11.3 Å². The maximum atomic E-state index is 13.5. The highest BCUT2D eigenvalue weighted by molar-refractivity contribution is 7.90. The number of benzene rings is 1. The number of nitrogens with zero attached hydrogens (tertiary/aromatic N) is 1. The molecule has 31 heavy (non-hydrogen) atoms. The number of carbonyl (C=O) groups excluding carboxylic acids is 2. The number of ether oxygens (including phenoxy) is 1. The van der Waals surface area contributed by atoms with Crippen LogP contribution in [0.2, 0.25) is 0 Å². The third-order valence-electron chi connectivity index (χ3n) is 4.94. The number of fused-ring (bicyclic) bond motifs is 1. The van der Waals surface area contributed by atoms with Gasteiger partial charge >= 0.3 is 5.97 Å². The Bertz CT molecular complexity index is 1190. The summed E-state index contributed by atoms with van der Waals surface area (Å²) >= 11 is 1.05. The fourth-order valence-corrected chi connectivity index (χ4v) is 6.52. The van der Waals surface area contributed by atoms with Crippen molar-refractivity contribution in [1.29, 1.82) is 0 Å². The highest BCUT2D eigenvalue weighted by Gasteiger charge is 2.34. The number of hydrogen-bond donors (Lipinski definition) is 1. The van der Waals surface area contributed by atoms with E-state index in [9.17, 15) is 22.4 Å². The van der Waals surface area contributed by atoms with E-state index >= 15 is 0 Å². The first-order valence-corrected chi connectivity index (χ1v) is 12.2. The lowest BCUT2D eigenvalue weighted by Crippen LogP contribution is -2.28. The molecule has 4 rings (SSSR count).